The lowest BCUT2D eigenvalue weighted by atomic mass is 10.0. The van der Waals surface area contributed by atoms with E-state index < -0.39 is 11.6 Å². The third-order valence-corrected chi connectivity index (χ3v) is 4.52. The van der Waals surface area contributed by atoms with E-state index >= 15 is 0 Å². The van der Waals surface area contributed by atoms with Gasteiger partial charge in [0.1, 0.15) is 11.6 Å². The lowest BCUT2D eigenvalue weighted by Gasteiger charge is -2.14. The van der Waals surface area contributed by atoms with E-state index in [-0.39, 0.29) is 29.9 Å². The van der Waals surface area contributed by atoms with Crippen molar-refractivity contribution in [3.05, 3.63) is 51.5 Å². The van der Waals surface area contributed by atoms with Gasteiger partial charge in [-0.2, -0.15) is 0 Å². The molecule has 2 N–H and O–H groups in total. The molecule has 0 spiro atoms. The Bertz CT molecular complexity index is 721. The molecule has 4 nitrogen and oxygen atoms in total. The highest BCUT2D eigenvalue weighted by Crippen LogP contribution is 2.20. The molecule has 144 valence electrons. The van der Waals surface area contributed by atoms with Crippen molar-refractivity contribution >= 4 is 41.3 Å². The summed E-state index contributed by atoms with van der Waals surface area (Å²) in [5, 5.41) is 9.55. The van der Waals surface area contributed by atoms with Crippen molar-refractivity contribution in [2.24, 2.45) is 4.99 Å². The normalized spacial score (nSPS) is 12.4. The molecule has 0 aliphatic carbocycles. The standard InChI is InChI=1S/C18H24F2N4S.HI/c1-4-21-18(22-8-7-15-11-25-13(3)24-15)23-10-12(2)16-6-5-14(19)9-17(16)20;/h5-6,9,11-12H,4,7-8,10H2,1-3H3,(H2,21,22,23);1H. The number of hydrogen-bond acceptors (Lipinski definition) is 3. The number of halogens is 3. The Morgan fingerprint density at radius 2 is 2.08 bits per heavy atom. The highest BCUT2D eigenvalue weighted by atomic mass is 127. The van der Waals surface area contributed by atoms with Crippen molar-refractivity contribution < 1.29 is 8.78 Å². The van der Waals surface area contributed by atoms with Crippen LogP contribution in [0.2, 0.25) is 0 Å². The van der Waals surface area contributed by atoms with Crippen LogP contribution in [0.25, 0.3) is 0 Å². The van der Waals surface area contributed by atoms with Crippen LogP contribution in [0.4, 0.5) is 8.78 Å². The van der Waals surface area contributed by atoms with E-state index in [1.165, 1.54) is 12.1 Å². The first-order valence-corrected chi connectivity index (χ1v) is 9.25. The molecule has 2 aromatic rings. The Morgan fingerprint density at radius 1 is 1.31 bits per heavy atom. The molecular weight excluding hydrogens is 469 g/mol. The molecule has 1 unspecified atom stereocenters. The second-order valence-electron chi connectivity index (χ2n) is 5.82. The van der Waals surface area contributed by atoms with Crippen molar-refractivity contribution in [2.75, 3.05) is 19.6 Å². The van der Waals surface area contributed by atoms with Crippen molar-refractivity contribution in [1.82, 2.24) is 15.6 Å². The summed E-state index contributed by atoms with van der Waals surface area (Å²) >= 11 is 1.64. The van der Waals surface area contributed by atoms with E-state index in [4.69, 9.17) is 0 Å². The SMILES string of the molecule is CCNC(=NCC(C)c1ccc(F)cc1F)NCCc1csc(C)n1.I. The van der Waals surface area contributed by atoms with Crippen LogP contribution in [0.15, 0.2) is 28.6 Å². The predicted molar refractivity (Wildman–Crippen MR) is 115 cm³/mol. The van der Waals surface area contributed by atoms with Crippen molar-refractivity contribution in [1.29, 1.82) is 0 Å². The molecule has 1 heterocycles. The average Bonchev–Trinajstić information content (AvgIpc) is 2.97. The monoisotopic (exact) mass is 494 g/mol. The van der Waals surface area contributed by atoms with E-state index in [2.05, 4.69) is 26.0 Å². The third-order valence-electron chi connectivity index (χ3n) is 3.70. The van der Waals surface area contributed by atoms with Gasteiger partial charge in [0.05, 0.1) is 10.7 Å². The molecule has 0 aliphatic rings. The summed E-state index contributed by atoms with van der Waals surface area (Å²) in [4.78, 5) is 8.94. The van der Waals surface area contributed by atoms with Crippen LogP contribution in [-0.2, 0) is 6.42 Å². The highest BCUT2D eigenvalue weighted by molar-refractivity contribution is 14.0. The first-order valence-electron chi connectivity index (χ1n) is 8.37. The predicted octanol–water partition coefficient (Wildman–Crippen LogP) is 4.25. The van der Waals surface area contributed by atoms with Gasteiger partial charge >= 0.3 is 0 Å². The molecular formula is C18H25F2IN4S. The van der Waals surface area contributed by atoms with Crippen LogP contribution < -0.4 is 10.6 Å². The average molecular weight is 494 g/mol. The second kappa shape index (κ2) is 11.4. The number of nitrogens with one attached hydrogen (secondary N) is 2. The molecule has 0 radical (unpaired) electrons. The summed E-state index contributed by atoms with van der Waals surface area (Å²) in [6.07, 6.45) is 0.816. The van der Waals surface area contributed by atoms with Gasteiger partial charge in [0.15, 0.2) is 5.96 Å². The molecule has 1 aromatic heterocycles. The molecule has 0 aliphatic heterocycles. The summed E-state index contributed by atoms with van der Waals surface area (Å²) in [5.41, 5.74) is 1.53. The molecule has 2 rings (SSSR count). The van der Waals surface area contributed by atoms with Gasteiger partial charge in [0.2, 0.25) is 0 Å². The minimum Gasteiger partial charge on any atom is -0.357 e. The number of nitrogens with zero attached hydrogens (tertiary/aromatic N) is 2. The number of aryl methyl sites for hydroxylation is 1. The fourth-order valence-corrected chi connectivity index (χ4v) is 3.05. The maximum atomic E-state index is 13.8. The molecule has 1 aromatic carbocycles. The Morgan fingerprint density at radius 3 is 2.69 bits per heavy atom. The van der Waals surface area contributed by atoms with Crippen molar-refractivity contribution in [3.63, 3.8) is 0 Å². The maximum Gasteiger partial charge on any atom is 0.191 e. The summed E-state index contributed by atoms with van der Waals surface area (Å²) in [5.74, 6) is -0.551. The van der Waals surface area contributed by atoms with Crippen LogP contribution in [0.5, 0.6) is 0 Å². The van der Waals surface area contributed by atoms with Crippen LogP contribution >= 0.6 is 35.3 Å². The Hall–Kier alpha value is -1.29. The lowest BCUT2D eigenvalue weighted by molar-refractivity contribution is 0.560. The smallest absolute Gasteiger partial charge is 0.191 e. The minimum atomic E-state index is -0.566. The second-order valence-corrected chi connectivity index (χ2v) is 6.88. The summed E-state index contributed by atoms with van der Waals surface area (Å²) in [6, 6.07) is 3.67. The molecule has 1 atom stereocenters. The van der Waals surface area contributed by atoms with E-state index in [1.54, 1.807) is 11.3 Å². The van der Waals surface area contributed by atoms with Crippen LogP contribution in [0, 0.1) is 18.6 Å². The summed E-state index contributed by atoms with van der Waals surface area (Å²) in [6.45, 7) is 7.72. The highest BCUT2D eigenvalue weighted by Gasteiger charge is 2.12. The van der Waals surface area contributed by atoms with Gasteiger partial charge in [-0.15, -0.1) is 35.3 Å². The zero-order chi connectivity index (χ0) is 18.2. The Kier molecular flexibility index (Phi) is 10.0. The van der Waals surface area contributed by atoms with Crippen LogP contribution in [-0.4, -0.2) is 30.6 Å². The number of rotatable bonds is 7. The largest absolute Gasteiger partial charge is 0.357 e. The third kappa shape index (κ3) is 7.14. The number of aliphatic imine (C=N–C) groups is 1. The zero-order valence-electron chi connectivity index (χ0n) is 15.2. The van der Waals surface area contributed by atoms with Crippen molar-refractivity contribution in [2.45, 2.75) is 33.1 Å². The molecule has 8 heteroatoms. The number of guanidine groups is 1. The van der Waals surface area contributed by atoms with Gasteiger partial charge < -0.3 is 10.6 Å². The molecule has 0 saturated carbocycles. The number of thiazole rings is 1. The topological polar surface area (TPSA) is 49.3 Å². The zero-order valence-corrected chi connectivity index (χ0v) is 18.3. The van der Waals surface area contributed by atoms with Gasteiger partial charge in [-0.1, -0.05) is 13.0 Å². The minimum absolute atomic E-state index is 0. The van der Waals surface area contributed by atoms with Gasteiger partial charge in [-0.25, -0.2) is 13.8 Å². The maximum absolute atomic E-state index is 13.8. The fraction of sp³-hybridized carbons (Fsp3) is 0.444. The quantitative estimate of drug-likeness (QED) is 0.344. The van der Waals surface area contributed by atoms with E-state index in [1.807, 2.05) is 20.8 Å². The summed E-state index contributed by atoms with van der Waals surface area (Å²) < 4.78 is 26.9. The first-order chi connectivity index (χ1) is 12.0. The Labute approximate surface area is 174 Å². The number of hydrogen-bond donors (Lipinski definition) is 2. The Balaban J connectivity index is 0.00000338. The van der Waals surface area contributed by atoms with Gasteiger partial charge in [0.25, 0.3) is 0 Å². The molecule has 0 amide bonds. The van der Waals surface area contributed by atoms with E-state index in [9.17, 15) is 8.78 Å². The molecule has 0 bridgehead atoms. The molecule has 26 heavy (non-hydrogen) atoms. The van der Waals surface area contributed by atoms with Crippen molar-refractivity contribution in [3.8, 4) is 0 Å². The fourth-order valence-electron chi connectivity index (χ4n) is 2.40. The molecule has 0 saturated heterocycles. The summed E-state index contributed by atoms with van der Waals surface area (Å²) in [7, 11) is 0. The van der Waals surface area contributed by atoms with Gasteiger partial charge in [-0.3, -0.25) is 4.99 Å². The van der Waals surface area contributed by atoms with Crippen LogP contribution in [0.1, 0.15) is 36.0 Å². The van der Waals surface area contributed by atoms with Gasteiger partial charge in [0, 0.05) is 43.4 Å². The van der Waals surface area contributed by atoms with E-state index in [0.29, 0.717) is 24.6 Å². The van der Waals surface area contributed by atoms with E-state index in [0.717, 1.165) is 29.7 Å². The first kappa shape index (κ1) is 22.8. The molecule has 0 fully saturated rings. The van der Waals surface area contributed by atoms with Gasteiger partial charge in [-0.05, 0) is 25.5 Å². The van der Waals surface area contributed by atoms with Crippen LogP contribution in [0.3, 0.4) is 0 Å². The number of aromatic nitrogens is 1. The number of benzene rings is 1. The lowest BCUT2D eigenvalue weighted by Crippen LogP contribution is -2.38.